The molecule has 2 N–H and O–H groups in total. The number of carboxylic acid groups (broad SMARTS) is 1. The predicted octanol–water partition coefficient (Wildman–Crippen LogP) is 6.45. The van der Waals surface area contributed by atoms with Gasteiger partial charge in [0.05, 0.1) is 0 Å². The van der Waals surface area contributed by atoms with E-state index in [2.05, 4.69) is 16.9 Å². The van der Waals surface area contributed by atoms with E-state index in [0.717, 1.165) is 12.8 Å². The minimum atomic E-state index is -0.666. The molecule has 0 aliphatic rings. The molecule has 0 spiro atoms. The maximum absolute atomic E-state index is 10.4. The molecule has 1 rings (SSSR count). The normalized spacial score (nSPS) is 12.4. The van der Waals surface area contributed by atoms with Crippen molar-refractivity contribution in [3.63, 3.8) is 0 Å². The number of carbonyl (C=O) groups is 1. The Labute approximate surface area is 153 Å². The summed E-state index contributed by atoms with van der Waals surface area (Å²) in [4.78, 5) is 18.2. The van der Waals surface area contributed by atoms with Crippen LogP contribution in [0.5, 0.6) is 0 Å². The van der Waals surface area contributed by atoms with E-state index in [1.54, 1.807) is 0 Å². The van der Waals surface area contributed by atoms with Crippen molar-refractivity contribution in [3.05, 3.63) is 18.2 Å². The third kappa shape index (κ3) is 11.8. The number of rotatable bonds is 17. The molecule has 0 fully saturated rings. The number of aromatic nitrogens is 2. The Balaban J connectivity index is 2.05. The lowest BCUT2D eigenvalue weighted by atomic mass is 9.93. The van der Waals surface area contributed by atoms with Crippen molar-refractivity contribution < 1.29 is 9.90 Å². The fourth-order valence-corrected chi connectivity index (χ4v) is 3.46. The molecule has 4 nitrogen and oxygen atoms in total. The summed E-state index contributed by atoms with van der Waals surface area (Å²) < 4.78 is 0. The second-order valence-electron chi connectivity index (χ2n) is 7.28. The summed E-state index contributed by atoms with van der Waals surface area (Å²) in [6, 6.07) is 0. The van der Waals surface area contributed by atoms with Gasteiger partial charge in [-0.15, -0.1) is 0 Å². The van der Waals surface area contributed by atoms with E-state index < -0.39 is 5.97 Å². The maximum atomic E-state index is 10.4. The number of aromatic amines is 1. The van der Waals surface area contributed by atoms with Crippen molar-refractivity contribution in [2.75, 3.05) is 0 Å². The van der Waals surface area contributed by atoms with Crippen molar-refractivity contribution in [2.24, 2.45) is 0 Å². The van der Waals surface area contributed by atoms with E-state index in [1.807, 2.05) is 12.4 Å². The zero-order valence-corrected chi connectivity index (χ0v) is 16.1. The zero-order chi connectivity index (χ0) is 18.2. The van der Waals surface area contributed by atoms with Crippen LogP contribution in [0.4, 0.5) is 0 Å². The van der Waals surface area contributed by atoms with Crippen LogP contribution >= 0.6 is 0 Å². The number of imidazole rings is 1. The Morgan fingerprint density at radius 1 is 0.960 bits per heavy atom. The van der Waals surface area contributed by atoms with Gasteiger partial charge < -0.3 is 10.1 Å². The number of aliphatic carboxylic acids is 1. The number of H-pyrrole nitrogens is 1. The fourth-order valence-electron chi connectivity index (χ4n) is 3.46. The van der Waals surface area contributed by atoms with E-state index in [9.17, 15) is 4.79 Å². The molecule has 144 valence electrons. The highest BCUT2D eigenvalue weighted by atomic mass is 16.4. The number of hydrogen-bond acceptors (Lipinski definition) is 2. The molecule has 1 aromatic heterocycles. The lowest BCUT2D eigenvalue weighted by Gasteiger charge is -2.14. The molecule has 0 radical (unpaired) electrons. The van der Waals surface area contributed by atoms with Gasteiger partial charge in [0.15, 0.2) is 0 Å². The largest absolute Gasteiger partial charge is 0.481 e. The lowest BCUT2D eigenvalue weighted by molar-refractivity contribution is -0.137. The van der Waals surface area contributed by atoms with Gasteiger partial charge in [0.2, 0.25) is 0 Å². The summed E-state index contributed by atoms with van der Waals surface area (Å²) in [7, 11) is 0. The van der Waals surface area contributed by atoms with E-state index in [-0.39, 0.29) is 0 Å². The van der Waals surface area contributed by atoms with E-state index in [1.165, 1.54) is 82.9 Å². The minimum absolute atomic E-state index is 0.326. The van der Waals surface area contributed by atoms with Gasteiger partial charge in [0.25, 0.3) is 0 Å². The highest BCUT2D eigenvalue weighted by molar-refractivity contribution is 5.66. The lowest BCUT2D eigenvalue weighted by Crippen LogP contribution is -2.02. The third-order valence-electron chi connectivity index (χ3n) is 5.01. The van der Waals surface area contributed by atoms with Gasteiger partial charge in [-0.25, -0.2) is 4.98 Å². The van der Waals surface area contributed by atoms with Gasteiger partial charge in [-0.3, -0.25) is 4.79 Å². The summed E-state index contributed by atoms with van der Waals surface area (Å²) in [6.07, 6.45) is 21.5. The number of carboxylic acids is 1. The van der Waals surface area contributed by atoms with Crippen LogP contribution in [-0.4, -0.2) is 21.0 Å². The monoisotopic (exact) mass is 350 g/mol. The Kier molecular flexibility index (Phi) is 13.0. The summed E-state index contributed by atoms with van der Waals surface area (Å²) >= 11 is 0. The molecular formula is C21H38N2O2. The number of nitrogens with one attached hydrogen (secondary N) is 1. The van der Waals surface area contributed by atoms with Gasteiger partial charge >= 0.3 is 5.97 Å². The van der Waals surface area contributed by atoms with Crippen LogP contribution in [-0.2, 0) is 4.79 Å². The van der Waals surface area contributed by atoms with Crippen LogP contribution in [0.25, 0.3) is 0 Å². The van der Waals surface area contributed by atoms with Crippen LogP contribution in [0, 0.1) is 0 Å². The molecule has 0 saturated carbocycles. The highest BCUT2D eigenvalue weighted by Crippen LogP contribution is 2.26. The molecule has 0 aromatic carbocycles. The van der Waals surface area contributed by atoms with Gasteiger partial charge in [0, 0.05) is 24.7 Å². The molecule has 1 heterocycles. The predicted molar refractivity (Wildman–Crippen MR) is 104 cm³/mol. The third-order valence-corrected chi connectivity index (χ3v) is 5.01. The Morgan fingerprint density at radius 2 is 1.52 bits per heavy atom. The molecular weight excluding hydrogens is 312 g/mol. The van der Waals surface area contributed by atoms with E-state index in [4.69, 9.17) is 5.11 Å². The first-order valence-electron chi connectivity index (χ1n) is 10.4. The molecule has 4 heteroatoms. The molecule has 0 amide bonds. The molecule has 0 bridgehead atoms. The highest BCUT2D eigenvalue weighted by Gasteiger charge is 2.13. The van der Waals surface area contributed by atoms with Gasteiger partial charge in [-0.1, -0.05) is 77.6 Å². The van der Waals surface area contributed by atoms with E-state index >= 15 is 0 Å². The quantitative estimate of drug-likeness (QED) is 0.317. The van der Waals surface area contributed by atoms with Crippen molar-refractivity contribution in [2.45, 2.75) is 109 Å². The van der Waals surface area contributed by atoms with Crippen molar-refractivity contribution in [1.29, 1.82) is 0 Å². The molecule has 0 saturated heterocycles. The summed E-state index contributed by atoms with van der Waals surface area (Å²) in [5.41, 5.74) is 0. The molecule has 0 aliphatic heterocycles. The number of unbranched alkanes of at least 4 members (excludes halogenated alkanes) is 10. The summed E-state index contributed by atoms with van der Waals surface area (Å²) in [5.74, 6) is 1.11. The summed E-state index contributed by atoms with van der Waals surface area (Å²) in [5, 5.41) is 8.60. The topological polar surface area (TPSA) is 66.0 Å². The van der Waals surface area contributed by atoms with Crippen LogP contribution < -0.4 is 0 Å². The van der Waals surface area contributed by atoms with Gasteiger partial charge in [-0.05, 0) is 19.3 Å². The Hall–Kier alpha value is -1.32. The second kappa shape index (κ2) is 15.0. The van der Waals surface area contributed by atoms with Crippen LogP contribution in [0.15, 0.2) is 12.4 Å². The number of nitrogens with zero attached hydrogens (tertiary/aromatic N) is 1. The van der Waals surface area contributed by atoms with Crippen molar-refractivity contribution in [1.82, 2.24) is 9.97 Å². The molecule has 1 unspecified atom stereocenters. The van der Waals surface area contributed by atoms with Crippen LogP contribution in [0.3, 0.4) is 0 Å². The first-order chi connectivity index (χ1) is 12.2. The molecule has 1 aromatic rings. The Morgan fingerprint density at radius 3 is 2.04 bits per heavy atom. The second-order valence-corrected chi connectivity index (χ2v) is 7.28. The van der Waals surface area contributed by atoms with Crippen LogP contribution in [0.1, 0.15) is 115 Å². The Bertz CT molecular complexity index is 418. The van der Waals surface area contributed by atoms with E-state index in [0.29, 0.717) is 12.3 Å². The maximum Gasteiger partial charge on any atom is 0.303 e. The summed E-state index contributed by atoms with van der Waals surface area (Å²) in [6.45, 7) is 2.26. The number of hydrogen-bond donors (Lipinski definition) is 2. The standard InChI is InChI=1S/C21H38N2O2/c1-2-3-4-11-14-19(21-22-17-18-23-21)15-12-9-7-5-6-8-10-13-16-20(24)25/h17-19H,2-16H2,1H3,(H,22,23)(H,24,25). The first-order valence-corrected chi connectivity index (χ1v) is 10.4. The smallest absolute Gasteiger partial charge is 0.303 e. The SMILES string of the molecule is CCCCCCC(CCCCCCCCCCC(=O)O)c1ncc[nH]1. The van der Waals surface area contributed by atoms with Gasteiger partial charge in [-0.2, -0.15) is 0 Å². The molecule has 0 aliphatic carbocycles. The average Bonchev–Trinajstić information content (AvgIpc) is 3.12. The van der Waals surface area contributed by atoms with Crippen molar-refractivity contribution >= 4 is 5.97 Å². The fraction of sp³-hybridized carbons (Fsp3) is 0.810. The average molecular weight is 351 g/mol. The minimum Gasteiger partial charge on any atom is -0.481 e. The molecule has 25 heavy (non-hydrogen) atoms. The first kappa shape index (κ1) is 21.7. The van der Waals surface area contributed by atoms with Gasteiger partial charge in [0.1, 0.15) is 5.82 Å². The van der Waals surface area contributed by atoms with Crippen LogP contribution in [0.2, 0.25) is 0 Å². The van der Waals surface area contributed by atoms with Crippen molar-refractivity contribution in [3.8, 4) is 0 Å². The molecule has 1 atom stereocenters. The zero-order valence-electron chi connectivity index (χ0n) is 16.1.